The number of rotatable bonds is 3. The molecule has 0 heterocycles. The van der Waals surface area contributed by atoms with Gasteiger partial charge in [-0.15, -0.1) is 0 Å². The van der Waals surface area contributed by atoms with E-state index in [1.807, 2.05) is 0 Å². The molecule has 0 saturated carbocycles. The molecule has 0 amide bonds. The largest absolute Gasteiger partial charge is 0.506 e. The number of carbonyl (C=O) groups is 1. The third kappa shape index (κ3) is 1.81. The van der Waals surface area contributed by atoms with Gasteiger partial charge in [-0.3, -0.25) is 4.79 Å². The molecule has 0 radical (unpaired) electrons. The van der Waals surface area contributed by atoms with Gasteiger partial charge in [0.15, 0.2) is 11.5 Å². The molecule has 0 unspecified atom stereocenters. The fourth-order valence-electron chi connectivity index (χ4n) is 1.07. The zero-order chi connectivity index (χ0) is 10.7. The first-order chi connectivity index (χ1) is 6.61. The average Bonchev–Trinajstić information content (AvgIpc) is 2.20. The number of benzene rings is 1. The van der Waals surface area contributed by atoms with Crippen molar-refractivity contribution in [2.24, 2.45) is 5.73 Å². The van der Waals surface area contributed by atoms with Crippen molar-refractivity contribution in [3.05, 3.63) is 22.7 Å². The van der Waals surface area contributed by atoms with Crippen molar-refractivity contribution in [2.75, 3.05) is 13.7 Å². The minimum atomic E-state index is -0.288. The Morgan fingerprint density at radius 1 is 1.64 bits per heavy atom. The lowest BCUT2D eigenvalue weighted by Crippen LogP contribution is -2.14. The smallest absolute Gasteiger partial charge is 0.180 e. The van der Waals surface area contributed by atoms with Crippen LogP contribution in [0.25, 0.3) is 0 Å². The zero-order valence-corrected chi connectivity index (χ0v) is 8.34. The van der Waals surface area contributed by atoms with Gasteiger partial charge in [0, 0.05) is 0 Å². The summed E-state index contributed by atoms with van der Waals surface area (Å²) in [5, 5.41) is 9.28. The highest BCUT2D eigenvalue weighted by Gasteiger charge is 2.16. The summed E-state index contributed by atoms with van der Waals surface area (Å²) in [6.45, 7) is -0.128. The number of nitrogens with two attached hydrogens (primary N) is 1. The van der Waals surface area contributed by atoms with Gasteiger partial charge in [-0.05, 0) is 12.1 Å². The van der Waals surface area contributed by atoms with Gasteiger partial charge in [-0.1, -0.05) is 11.6 Å². The molecular weight excluding hydrogens is 206 g/mol. The summed E-state index contributed by atoms with van der Waals surface area (Å²) in [4.78, 5) is 11.3. The molecule has 0 aliphatic rings. The van der Waals surface area contributed by atoms with E-state index in [0.29, 0.717) is 0 Å². The van der Waals surface area contributed by atoms with E-state index in [2.05, 4.69) is 0 Å². The van der Waals surface area contributed by atoms with E-state index in [9.17, 15) is 9.90 Å². The Balaban J connectivity index is 3.31. The van der Waals surface area contributed by atoms with Crippen LogP contribution in [0.3, 0.4) is 0 Å². The summed E-state index contributed by atoms with van der Waals surface area (Å²) in [6.07, 6.45) is 0. The molecule has 0 bridgehead atoms. The molecule has 4 nitrogen and oxygen atoms in total. The van der Waals surface area contributed by atoms with Gasteiger partial charge in [0.2, 0.25) is 0 Å². The maximum absolute atomic E-state index is 11.3. The highest BCUT2D eigenvalue weighted by molar-refractivity contribution is 6.34. The summed E-state index contributed by atoms with van der Waals surface area (Å²) >= 11 is 5.73. The van der Waals surface area contributed by atoms with Gasteiger partial charge in [0.05, 0.1) is 19.2 Å². The van der Waals surface area contributed by atoms with Crippen molar-refractivity contribution in [1.29, 1.82) is 0 Å². The van der Waals surface area contributed by atoms with Gasteiger partial charge in [-0.25, -0.2) is 0 Å². The molecule has 0 aliphatic carbocycles. The van der Waals surface area contributed by atoms with E-state index < -0.39 is 0 Å². The molecule has 3 N–H and O–H groups in total. The van der Waals surface area contributed by atoms with Crippen LogP contribution in [0.5, 0.6) is 11.5 Å². The van der Waals surface area contributed by atoms with Crippen LogP contribution in [0.4, 0.5) is 0 Å². The summed E-state index contributed by atoms with van der Waals surface area (Å²) < 4.78 is 4.91. The van der Waals surface area contributed by atoms with Crippen LogP contribution in [-0.2, 0) is 0 Å². The van der Waals surface area contributed by atoms with E-state index in [1.165, 1.54) is 19.2 Å². The van der Waals surface area contributed by atoms with E-state index in [1.54, 1.807) is 0 Å². The van der Waals surface area contributed by atoms with E-state index in [0.717, 1.165) is 0 Å². The third-order valence-corrected chi connectivity index (χ3v) is 2.13. The number of phenols is 1. The van der Waals surface area contributed by atoms with Gasteiger partial charge in [0.25, 0.3) is 0 Å². The lowest BCUT2D eigenvalue weighted by molar-refractivity contribution is 0.0998. The Kier molecular flexibility index (Phi) is 3.33. The standard InChI is InChI=1S/C9H10ClNO3/c1-14-9-5(7(13)4-11)2-3-6(12)8(9)10/h2-3,12H,4,11H2,1H3. The molecule has 0 atom stereocenters. The maximum atomic E-state index is 11.3. The summed E-state index contributed by atoms with van der Waals surface area (Å²) in [5.41, 5.74) is 5.48. The fourth-order valence-corrected chi connectivity index (χ4v) is 1.32. The molecule has 76 valence electrons. The van der Waals surface area contributed by atoms with Gasteiger partial charge in [0.1, 0.15) is 10.8 Å². The number of methoxy groups -OCH3 is 1. The normalized spacial score (nSPS) is 9.93. The molecule has 0 spiro atoms. The number of halogens is 1. The topological polar surface area (TPSA) is 72.5 Å². The first-order valence-corrected chi connectivity index (χ1v) is 4.28. The average molecular weight is 216 g/mol. The van der Waals surface area contributed by atoms with Crippen LogP contribution in [0.2, 0.25) is 5.02 Å². The number of phenolic OH excluding ortho intramolecular Hbond substituents is 1. The highest BCUT2D eigenvalue weighted by Crippen LogP contribution is 2.36. The van der Waals surface area contributed by atoms with Crippen LogP contribution >= 0.6 is 11.6 Å². The van der Waals surface area contributed by atoms with Crippen molar-refractivity contribution in [1.82, 2.24) is 0 Å². The molecular formula is C9H10ClNO3. The number of hydrogen-bond donors (Lipinski definition) is 2. The summed E-state index contributed by atoms with van der Waals surface area (Å²) in [6, 6.07) is 2.75. The lowest BCUT2D eigenvalue weighted by Gasteiger charge is -2.09. The van der Waals surface area contributed by atoms with Crippen molar-refractivity contribution in [2.45, 2.75) is 0 Å². The first kappa shape index (κ1) is 10.8. The van der Waals surface area contributed by atoms with Crippen molar-refractivity contribution in [3.63, 3.8) is 0 Å². The molecule has 5 heteroatoms. The predicted octanol–water partition coefficient (Wildman–Crippen LogP) is 1.20. The number of ether oxygens (including phenoxy) is 1. The van der Waals surface area contributed by atoms with Crippen molar-refractivity contribution < 1.29 is 14.6 Å². The van der Waals surface area contributed by atoms with Gasteiger partial charge in [-0.2, -0.15) is 0 Å². The second kappa shape index (κ2) is 4.30. The quantitative estimate of drug-likeness (QED) is 0.743. The van der Waals surface area contributed by atoms with Crippen LogP contribution in [0.15, 0.2) is 12.1 Å². The SMILES string of the molecule is COc1c(C(=O)CN)ccc(O)c1Cl. The molecule has 1 aromatic rings. The van der Waals surface area contributed by atoms with Crippen LogP contribution < -0.4 is 10.5 Å². The Morgan fingerprint density at radius 2 is 2.29 bits per heavy atom. The molecule has 0 fully saturated rings. The minimum Gasteiger partial charge on any atom is -0.506 e. The second-order valence-corrected chi connectivity index (χ2v) is 2.98. The predicted molar refractivity (Wildman–Crippen MR) is 53.1 cm³/mol. The monoisotopic (exact) mass is 215 g/mol. The number of Topliss-reactive ketones (excluding diaryl/α,β-unsaturated/α-hetero) is 1. The number of hydrogen-bond acceptors (Lipinski definition) is 4. The maximum Gasteiger partial charge on any atom is 0.180 e. The Bertz CT molecular complexity index is 365. The Morgan fingerprint density at radius 3 is 2.79 bits per heavy atom. The van der Waals surface area contributed by atoms with Crippen LogP contribution in [-0.4, -0.2) is 24.5 Å². The van der Waals surface area contributed by atoms with Crippen LogP contribution in [0, 0.1) is 0 Å². The molecule has 0 saturated heterocycles. The highest BCUT2D eigenvalue weighted by atomic mass is 35.5. The van der Waals surface area contributed by atoms with E-state index in [-0.39, 0.29) is 34.4 Å². The fraction of sp³-hybridized carbons (Fsp3) is 0.222. The molecule has 0 aromatic heterocycles. The summed E-state index contributed by atoms with van der Waals surface area (Å²) in [5.74, 6) is -0.261. The van der Waals surface area contributed by atoms with Gasteiger partial charge < -0.3 is 15.6 Å². The lowest BCUT2D eigenvalue weighted by atomic mass is 10.1. The molecule has 0 aliphatic heterocycles. The third-order valence-electron chi connectivity index (χ3n) is 1.77. The Labute approximate surface area is 86.2 Å². The number of ketones is 1. The first-order valence-electron chi connectivity index (χ1n) is 3.90. The van der Waals surface area contributed by atoms with Crippen LogP contribution in [0.1, 0.15) is 10.4 Å². The van der Waals surface area contributed by atoms with E-state index >= 15 is 0 Å². The van der Waals surface area contributed by atoms with Gasteiger partial charge >= 0.3 is 0 Å². The second-order valence-electron chi connectivity index (χ2n) is 2.61. The number of carbonyl (C=O) groups excluding carboxylic acids is 1. The number of aromatic hydroxyl groups is 1. The summed E-state index contributed by atoms with van der Waals surface area (Å²) in [7, 11) is 1.37. The molecule has 1 aromatic carbocycles. The van der Waals surface area contributed by atoms with E-state index in [4.69, 9.17) is 22.1 Å². The zero-order valence-electron chi connectivity index (χ0n) is 7.58. The minimum absolute atomic E-state index is 0.0202. The Hall–Kier alpha value is -1.26. The van der Waals surface area contributed by atoms with Crippen molar-refractivity contribution >= 4 is 17.4 Å². The molecule has 1 rings (SSSR count). The van der Waals surface area contributed by atoms with Crippen molar-refractivity contribution in [3.8, 4) is 11.5 Å². The molecule has 14 heavy (non-hydrogen) atoms.